The molecule has 0 bridgehead atoms. The zero-order chi connectivity index (χ0) is 13.9. The number of hydrogen-bond acceptors (Lipinski definition) is 6. The van der Waals surface area contributed by atoms with Gasteiger partial charge in [0.15, 0.2) is 5.82 Å². The van der Waals surface area contributed by atoms with Gasteiger partial charge in [0, 0.05) is 5.56 Å². The molecule has 2 heterocycles. The van der Waals surface area contributed by atoms with Crippen LogP contribution in [0.1, 0.15) is 0 Å². The Balaban J connectivity index is 1.83. The van der Waals surface area contributed by atoms with Gasteiger partial charge in [0.25, 0.3) is 0 Å². The summed E-state index contributed by atoms with van der Waals surface area (Å²) in [5.41, 5.74) is 6.29. The van der Waals surface area contributed by atoms with Crippen molar-refractivity contribution in [3.05, 3.63) is 24.0 Å². The number of anilines is 1. The highest BCUT2D eigenvalue weighted by atomic mass is 19.1. The molecule has 106 valence electrons. The Morgan fingerprint density at radius 1 is 1.40 bits per heavy atom. The summed E-state index contributed by atoms with van der Waals surface area (Å²) in [4.78, 5) is 0. The van der Waals surface area contributed by atoms with Crippen LogP contribution < -0.4 is 5.73 Å². The number of aromatic nitrogens is 4. The minimum Gasteiger partial charge on any atom is -0.396 e. The van der Waals surface area contributed by atoms with Gasteiger partial charge in [0.05, 0.1) is 32.1 Å². The van der Waals surface area contributed by atoms with Crippen molar-refractivity contribution in [1.29, 1.82) is 0 Å². The largest absolute Gasteiger partial charge is 0.396 e. The molecule has 2 aromatic rings. The van der Waals surface area contributed by atoms with Crippen LogP contribution in [0.2, 0.25) is 0 Å². The van der Waals surface area contributed by atoms with Crippen LogP contribution in [0.15, 0.2) is 18.2 Å². The van der Waals surface area contributed by atoms with E-state index >= 15 is 0 Å². The molecule has 1 fully saturated rings. The lowest BCUT2D eigenvalue weighted by Crippen LogP contribution is -2.32. The molecule has 20 heavy (non-hydrogen) atoms. The molecule has 0 amide bonds. The van der Waals surface area contributed by atoms with E-state index in [1.807, 2.05) is 0 Å². The minimum atomic E-state index is -0.461. The van der Waals surface area contributed by atoms with Crippen LogP contribution in [-0.4, -0.2) is 46.1 Å². The van der Waals surface area contributed by atoms with E-state index < -0.39 is 5.82 Å². The van der Waals surface area contributed by atoms with Gasteiger partial charge in [-0.1, -0.05) is 0 Å². The first-order valence-corrected chi connectivity index (χ1v) is 6.25. The average molecular weight is 279 g/mol. The number of benzene rings is 1. The highest BCUT2D eigenvalue weighted by Gasteiger charge is 2.18. The standard InChI is InChI=1S/C12H14FN5O2/c13-10-2-1-8(5-11(10)14)12-15-16-17-18(12)6-9-7-19-3-4-20-9/h1-2,5,9H,3-4,6-7,14H2. The molecule has 2 N–H and O–H groups in total. The zero-order valence-corrected chi connectivity index (χ0v) is 10.7. The van der Waals surface area contributed by atoms with Gasteiger partial charge in [-0.25, -0.2) is 9.07 Å². The van der Waals surface area contributed by atoms with E-state index in [-0.39, 0.29) is 11.8 Å². The van der Waals surface area contributed by atoms with Gasteiger partial charge in [-0.2, -0.15) is 0 Å². The molecule has 0 spiro atoms. The van der Waals surface area contributed by atoms with Crippen molar-refractivity contribution < 1.29 is 13.9 Å². The van der Waals surface area contributed by atoms with E-state index in [1.54, 1.807) is 10.7 Å². The normalized spacial score (nSPS) is 19.1. The lowest BCUT2D eigenvalue weighted by Gasteiger charge is -2.22. The molecule has 0 saturated carbocycles. The van der Waals surface area contributed by atoms with Crippen molar-refractivity contribution in [3.63, 3.8) is 0 Å². The van der Waals surface area contributed by atoms with E-state index in [0.29, 0.717) is 37.8 Å². The number of ether oxygens (including phenoxy) is 2. The highest BCUT2D eigenvalue weighted by molar-refractivity contribution is 5.61. The maximum atomic E-state index is 13.2. The van der Waals surface area contributed by atoms with Crippen LogP contribution in [0.3, 0.4) is 0 Å². The second-order valence-electron chi connectivity index (χ2n) is 4.49. The van der Waals surface area contributed by atoms with Gasteiger partial charge in [0.1, 0.15) is 11.9 Å². The number of nitrogens with two attached hydrogens (primary N) is 1. The Bertz CT molecular complexity index is 597. The van der Waals surface area contributed by atoms with Crippen molar-refractivity contribution in [3.8, 4) is 11.4 Å². The molecule has 8 heteroatoms. The molecule has 7 nitrogen and oxygen atoms in total. The SMILES string of the molecule is Nc1cc(-c2nnnn2CC2COCCO2)ccc1F. The number of hydrogen-bond donors (Lipinski definition) is 1. The third kappa shape index (κ3) is 2.61. The van der Waals surface area contributed by atoms with Crippen molar-refractivity contribution >= 4 is 5.69 Å². The van der Waals surface area contributed by atoms with Crippen molar-refractivity contribution in [1.82, 2.24) is 20.2 Å². The summed E-state index contributed by atoms with van der Waals surface area (Å²) in [5.74, 6) is 0.0580. The lowest BCUT2D eigenvalue weighted by atomic mass is 10.2. The second-order valence-corrected chi connectivity index (χ2v) is 4.49. The summed E-state index contributed by atoms with van der Waals surface area (Å²) in [7, 11) is 0. The van der Waals surface area contributed by atoms with Crippen LogP contribution in [0.5, 0.6) is 0 Å². The summed E-state index contributed by atoms with van der Waals surface area (Å²) in [6.07, 6.45) is -0.0937. The van der Waals surface area contributed by atoms with Gasteiger partial charge in [-0.15, -0.1) is 5.10 Å². The molecule has 0 aliphatic carbocycles. The molecular formula is C12H14FN5O2. The van der Waals surface area contributed by atoms with E-state index in [0.717, 1.165) is 0 Å². The number of nitrogen functional groups attached to an aromatic ring is 1. The molecule has 1 atom stereocenters. The first kappa shape index (κ1) is 12.9. The van der Waals surface area contributed by atoms with Crippen molar-refractivity contribution in [2.24, 2.45) is 0 Å². The highest BCUT2D eigenvalue weighted by Crippen LogP contribution is 2.21. The first-order chi connectivity index (χ1) is 9.74. The van der Waals surface area contributed by atoms with E-state index in [4.69, 9.17) is 15.2 Å². The smallest absolute Gasteiger partial charge is 0.182 e. The first-order valence-electron chi connectivity index (χ1n) is 6.25. The molecule has 1 saturated heterocycles. The van der Waals surface area contributed by atoms with Gasteiger partial charge in [-0.05, 0) is 28.6 Å². The minimum absolute atomic E-state index is 0.0642. The second kappa shape index (κ2) is 5.51. The fourth-order valence-electron chi connectivity index (χ4n) is 2.05. The van der Waals surface area contributed by atoms with Crippen LogP contribution in [0.25, 0.3) is 11.4 Å². The van der Waals surface area contributed by atoms with Gasteiger partial charge in [0.2, 0.25) is 0 Å². The average Bonchev–Trinajstić information content (AvgIpc) is 2.91. The molecule has 3 rings (SSSR count). The Morgan fingerprint density at radius 3 is 3.05 bits per heavy atom. The molecular weight excluding hydrogens is 265 g/mol. The summed E-state index contributed by atoms with van der Waals surface area (Å²) in [5, 5.41) is 11.5. The van der Waals surface area contributed by atoms with E-state index in [2.05, 4.69) is 15.5 Å². The van der Waals surface area contributed by atoms with Crippen molar-refractivity contribution in [2.45, 2.75) is 12.6 Å². The molecule has 1 aromatic carbocycles. The summed E-state index contributed by atoms with van der Waals surface area (Å²) in [6, 6.07) is 4.39. The third-order valence-corrected chi connectivity index (χ3v) is 3.05. The number of rotatable bonds is 3. The van der Waals surface area contributed by atoms with Crippen LogP contribution in [0.4, 0.5) is 10.1 Å². The topological polar surface area (TPSA) is 88.1 Å². The monoisotopic (exact) mass is 279 g/mol. The Hall–Kier alpha value is -2.06. The quantitative estimate of drug-likeness (QED) is 0.822. The van der Waals surface area contributed by atoms with Crippen LogP contribution >= 0.6 is 0 Å². The van der Waals surface area contributed by atoms with E-state index in [1.165, 1.54) is 12.1 Å². The number of halogens is 1. The maximum Gasteiger partial charge on any atom is 0.182 e. The van der Waals surface area contributed by atoms with Gasteiger partial charge < -0.3 is 15.2 Å². The molecule has 0 radical (unpaired) electrons. The third-order valence-electron chi connectivity index (χ3n) is 3.05. The summed E-state index contributed by atoms with van der Waals surface area (Å²) in [6.45, 7) is 2.14. The summed E-state index contributed by atoms with van der Waals surface area (Å²) >= 11 is 0. The van der Waals surface area contributed by atoms with Crippen molar-refractivity contribution in [2.75, 3.05) is 25.6 Å². The lowest BCUT2D eigenvalue weighted by molar-refractivity contribution is -0.0946. The van der Waals surface area contributed by atoms with Gasteiger partial charge in [-0.3, -0.25) is 0 Å². The molecule has 1 aliphatic rings. The zero-order valence-electron chi connectivity index (χ0n) is 10.7. The Morgan fingerprint density at radius 2 is 2.30 bits per heavy atom. The number of tetrazole rings is 1. The molecule has 1 aromatic heterocycles. The molecule has 1 aliphatic heterocycles. The fourth-order valence-corrected chi connectivity index (χ4v) is 2.05. The fraction of sp³-hybridized carbons (Fsp3) is 0.417. The maximum absolute atomic E-state index is 13.2. The summed E-state index contributed by atoms with van der Waals surface area (Å²) < 4.78 is 25.7. The Labute approximate surface area is 114 Å². The predicted molar refractivity (Wildman–Crippen MR) is 68.2 cm³/mol. The Kier molecular flexibility index (Phi) is 3.57. The van der Waals surface area contributed by atoms with Crippen LogP contribution in [0, 0.1) is 5.82 Å². The number of nitrogens with zero attached hydrogens (tertiary/aromatic N) is 4. The molecule has 1 unspecified atom stereocenters. The van der Waals surface area contributed by atoms with Gasteiger partial charge >= 0.3 is 0 Å². The predicted octanol–water partition coefficient (Wildman–Crippen LogP) is 0.477. The van der Waals surface area contributed by atoms with Crippen LogP contribution in [-0.2, 0) is 16.0 Å². The van der Waals surface area contributed by atoms with E-state index in [9.17, 15) is 4.39 Å².